The normalized spacial score (nSPS) is 10.9. The number of hydrazine groups is 1. The maximum absolute atomic E-state index is 14.0. The third kappa shape index (κ3) is 5.48. The zero-order valence-corrected chi connectivity index (χ0v) is 17.8. The van der Waals surface area contributed by atoms with Crippen LogP contribution in [0.1, 0.15) is 10.4 Å². The van der Waals surface area contributed by atoms with Crippen LogP contribution in [-0.4, -0.2) is 33.9 Å². The Kier molecular flexibility index (Phi) is 7.18. The van der Waals surface area contributed by atoms with Crippen molar-refractivity contribution in [3.05, 3.63) is 84.2 Å². The van der Waals surface area contributed by atoms with Gasteiger partial charge in [0.05, 0.1) is 10.5 Å². The van der Waals surface area contributed by atoms with Gasteiger partial charge in [-0.25, -0.2) is 17.5 Å². The molecule has 2 amide bonds. The van der Waals surface area contributed by atoms with E-state index in [0.717, 1.165) is 29.3 Å². The molecule has 0 heterocycles. The van der Waals surface area contributed by atoms with Gasteiger partial charge in [0.1, 0.15) is 11.6 Å². The number of ether oxygens (including phenoxy) is 1. The summed E-state index contributed by atoms with van der Waals surface area (Å²) >= 11 is 0. The number of benzene rings is 3. The summed E-state index contributed by atoms with van der Waals surface area (Å²) in [4.78, 5) is 24.0. The lowest BCUT2D eigenvalue weighted by atomic mass is 10.1. The van der Waals surface area contributed by atoms with Gasteiger partial charge in [0, 0.05) is 5.56 Å². The van der Waals surface area contributed by atoms with Crippen molar-refractivity contribution in [2.45, 2.75) is 4.90 Å². The molecule has 3 rings (SSSR count). The van der Waals surface area contributed by atoms with Gasteiger partial charge >= 0.3 is 0 Å². The molecule has 166 valence electrons. The average Bonchev–Trinajstić information content (AvgIpc) is 2.82. The van der Waals surface area contributed by atoms with E-state index in [2.05, 4.69) is 10.1 Å². The van der Waals surface area contributed by atoms with Crippen LogP contribution in [0.25, 0.3) is 11.1 Å². The van der Waals surface area contributed by atoms with Crippen LogP contribution in [0.2, 0.25) is 0 Å². The summed E-state index contributed by atoms with van der Waals surface area (Å²) in [5, 5.41) is 0. The van der Waals surface area contributed by atoms with Crippen molar-refractivity contribution in [2.75, 3.05) is 13.7 Å². The molecule has 0 atom stereocenters. The van der Waals surface area contributed by atoms with Gasteiger partial charge in [-0.05, 0) is 36.9 Å². The van der Waals surface area contributed by atoms with Crippen molar-refractivity contribution < 1.29 is 27.1 Å². The molecule has 0 spiro atoms. The monoisotopic (exact) mass is 457 g/mol. The first-order chi connectivity index (χ1) is 15.3. The number of carbonyl (C=O) groups excluding carboxylic acids is 2. The fourth-order valence-corrected chi connectivity index (χ4v) is 3.54. The number of nitrogens with one attached hydrogen (secondary N) is 3. The fourth-order valence-electron chi connectivity index (χ4n) is 2.79. The van der Waals surface area contributed by atoms with Crippen LogP contribution in [0, 0.1) is 5.82 Å². The maximum atomic E-state index is 14.0. The Morgan fingerprint density at radius 2 is 1.62 bits per heavy atom. The second-order valence-electron chi connectivity index (χ2n) is 6.50. The highest BCUT2D eigenvalue weighted by molar-refractivity contribution is 7.89. The minimum absolute atomic E-state index is 0.293. The molecule has 10 heteroatoms. The smallest absolute Gasteiger partial charge is 0.276 e. The average molecular weight is 457 g/mol. The first-order valence-electron chi connectivity index (χ1n) is 9.41. The van der Waals surface area contributed by atoms with E-state index in [-0.39, 0.29) is 4.90 Å². The van der Waals surface area contributed by atoms with E-state index >= 15 is 0 Å². The molecule has 0 aliphatic carbocycles. The Balaban J connectivity index is 1.62. The van der Waals surface area contributed by atoms with E-state index in [1.54, 1.807) is 12.1 Å². The van der Waals surface area contributed by atoms with Gasteiger partial charge in [0.2, 0.25) is 10.0 Å². The predicted molar refractivity (Wildman–Crippen MR) is 116 cm³/mol. The van der Waals surface area contributed by atoms with Gasteiger partial charge in [-0.2, -0.15) is 0 Å². The Labute approximate surface area is 184 Å². The van der Waals surface area contributed by atoms with E-state index in [1.807, 2.05) is 47.9 Å². The van der Waals surface area contributed by atoms with Crippen LogP contribution in [-0.2, 0) is 14.8 Å². The van der Waals surface area contributed by atoms with Gasteiger partial charge < -0.3 is 4.74 Å². The topological polar surface area (TPSA) is 114 Å². The molecule has 0 saturated heterocycles. The Morgan fingerprint density at radius 3 is 2.34 bits per heavy atom. The molecule has 3 aromatic rings. The molecule has 0 saturated carbocycles. The van der Waals surface area contributed by atoms with E-state index < -0.39 is 39.8 Å². The molecule has 3 aromatic carbocycles. The molecule has 0 unspecified atom stereocenters. The van der Waals surface area contributed by atoms with Crippen LogP contribution in [0.3, 0.4) is 0 Å². The highest BCUT2D eigenvalue weighted by Gasteiger charge is 2.19. The van der Waals surface area contributed by atoms with E-state index in [9.17, 15) is 22.4 Å². The lowest BCUT2D eigenvalue weighted by molar-refractivity contribution is -0.123. The zero-order valence-electron chi connectivity index (χ0n) is 17.0. The lowest BCUT2D eigenvalue weighted by Gasteiger charge is -2.12. The molecular formula is C22H20FN3O5S. The summed E-state index contributed by atoms with van der Waals surface area (Å²) in [6, 6.07) is 19.3. The minimum atomic E-state index is -3.87. The van der Waals surface area contributed by atoms with Crippen molar-refractivity contribution in [3.8, 4) is 16.9 Å². The van der Waals surface area contributed by atoms with Gasteiger partial charge in [0.25, 0.3) is 11.8 Å². The molecule has 0 fully saturated rings. The molecule has 0 aromatic heterocycles. The van der Waals surface area contributed by atoms with Crippen LogP contribution in [0.4, 0.5) is 4.39 Å². The lowest BCUT2D eigenvalue weighted by Crippen LogP contribution is -2.44. The van der Waals surface area contributed by atoms with E-state index in [0.29, 0.717) is 5.75 Å². The fraction of sp³-hybridized carbons (Fsp3) is 0.0909. The number of sulfonamides is 1. The van der Waals surface area contributed by atoms with Gasteiger partial charge in [0.15, 0.2) is 6.61 Å². The quantitative estimate of drug-likeness (QED) is 0.471. The molecule has 0 radical (unpaired) electrons. The summed E-state index contributed by atoms with van der Waals surface area (Å²) in [6.45, 7) is -0.416. The number of para-hydroxylation sites is 1. The number of rotatable bonds is 7. The van der Waals surface area contributed by atoms with Crippen molar-refractivity contribution >= 4 is 21.8 Å². The van der Waals surface area contributed by atoms with Gasteiger partial charge in [-0.3, -0.25) is 20.4 Å². The molecule has 0 aliphatic heterocycles. The third-order valence-corrected chi connectivity index (χ3v) is 5.82. The minimum Gasteiger partial charge on any atom is -0.483 e. The second-order valence-corrected chi connectivity index (χ2v) is 8.39. The van der Waals surface area contributed by atoms with Crippen LogP contribution in [0.15, 0.2) is 77.7 Å². The zero-order chi connectivity index (χ0) is 23.1. The van der Waals surface area contributed by atoms with Crippen LogP contribution < -0.4 is 20.3 Å². The molecule has 8 nitrogen and oxygen atoms in total. The summed E-state index contributed by atoms with van der Waals surface area (Å²) < 4.78 is 45.3. The van der Waals surface area contributed by atoms with E-state index in [4.69, 9.17) is 4.74 Å². The number of amides is 2. The number of hydrogen-bond donors (Lipinski definition) is 3. The van der Waals surface area contributed by atoms with E-state index in [1.165, 1.54) is 7.05 Å². The highest BCUT2D eigenvalue weighted by atomic mass is 32.2. The van der Waals surface area contributed by atoms with Crippen molar-refractivity contribution in [3.63, 3.8) is 0 Å². The summed E-state index contributed by atoms with van der Waals surface area (Å²) in [5.74, 6) is -2.19. The summed E-state index contributed by atoms with van der Waals surface area (Å²) in [6.07, 6.45) is 0. The van der Waals surface area contributed by atoms with Crippen LogP contribution in [0.5, 0.6) is 5.75 Å². The Hall–Kier alpha value is -3.76. The number of carbonyl (C=O) groups is 2. The largest absolute Gasteiger partial charge is 0.483 e. The molecule has 32 heavy (non-hydrogen) atoms. The maximum Gasteiger partial charge on any atom is 0.276 e. The summed E-state index contributed by atoms with van der Waals surface area (Å²) in [7, 11) is -2.68. The summed E-state index contributed by atoms with van der Waals surface area (Å²) in [5.41, 5.74) is 5.31. The second kappa shape index (κ2) is 10.0. The standard InChI is InChI=1S/C22H20FN3O5S/c1-24-32(29,30)16-11-12-19(23)18(13-16)22(28)26-25-21(27)14-31-20-10-6-5-9-17(20)15-7-3-2-4-8-15/h2-13,24H,14H2,1H3,(H,25,27)(H,26,28). The van der Waals surface area contributed by atoms with Crippen LogP contribution >= 0.6 is 0 Å². The SMILES string of the molecule is CNS(=O)(=O)c1ccc(F)c(C(=O)NNC(=O)COc2ccccc2-c2ccccc2)c1. The van der Waals surface area contributed by atoms with Gasteiger partial charge in [-0.15, -0.1) is 0 Å². The Bertz CT molecular complexity index is 1230. The number of halogens is 1. The van der Waals surface area contributed by atoms with Crippen molar-refractivity contribution in [1.82, 2.24) is 15.6 Å². The predicted octanol–water partition coefficient (Wildman–Crippen LogP) is 2.24. The molecule has 0 aliphatic rings. The first kappa shape index (κ1) is 22.9. The third-order valence-electron chi connectivity index (χ3n) is 4.41. The molecule has 0 bridgehead atoms. The highest BCUT2D eigenvalue weighted by Crippen LogP contribution is 2.29. The Morgan fingerprint density at radius 1 is 0.938 bits per heavy atom. The van der Waals surface area contributed by atoms with Crippen molar-refractivity contribution in [1.29, 1.82) is 0 Å². The van der Waals surface area contributed by atoms with Crippen molar-refractivity contribution in [2.24, 2.45) is 0 Å². The number of hydrogen-bond acceptors (Lipinski definition) is 5. The molecular weight excluding hydrogens is 437 g/mol. The molecule has 3 N–H and O–H groups in total. The van der Waals surface area contributed by atoms with Gasteiger partial charge in [-0.1, -0.05) is 48.5 Å². The first-order valence-corrected chi connectivity index (χ1v) is 10.9.